The van der Waals surface area contributed by atoms with Crippen molar-refractivity contribution in [1.29, 1.82) is 0 Å². The second-order valence-corrected chi connectivity index (χ2v) is 5.63. The van der Waals surface area contributed by atoms with E-state index >= 15 is 0 Å². The molecule has 0 radical (unpaired) electrons. The molecule has 0 saturated heterocycles. The average molecular weight is 273 g/mol. The summed E-state index contributed by atoms with van der Waals surface area (Å²) in [5.74, 6) is 1.63. The largest absolute Gasteiger partial charge is 0.454 e. The first kappa shape index (κ1) is 14.6. The van der Waals surface area contributed by atoms with Crippen LogP contribution >= 0.6 is 0 Å². The minimum atomic E-state index is 0.172. The number of benzene rings is 1. The highest BCUT2D eigenvalue weighted by molar-refractivity contribution is 5.39. The summed E-state index contributed by atoms with van der Waals surface area (Å²) in [5, 5.41) is 4.27. The zero-order chi connectivity index (χ0) is 14.7. The van der Waals surface area contributed by atoms with E-state index in [9.17, 15) is 0 Å². The number of aryl methyl sites for hydroxylation is 1. The zero-order valence-corrected chi connectivity index (χ0v) is 12.6. The van der Waals surface area contributed by atoms with Gasteiger partial charge in [-0.15, -0.1) is 0 Å². The summed E-state index contributed by atoms with van der Waals surface area (Å²) in [4.78, 5) is 0. The Morgan fingerprint density at radius 2 is 2.05 bits per heavy atom. The SMILES string of the molecule is Cc1cc(CC(C)N)ccc1Oc1cnn(C(C)C)c1. The van der Waals surface area contributed by atoms with Crippen LogP contribution in [0.3, 0.4) is 0 Å². The fourth-order valence-corrected chi connectivity index (χ4v) is 2.11. The third-order valence-corrected chi connectivity index (χ3v) is 3.13. The predicted octanol–water partition coefficient (Wildman–Crippen LogP) is 3.45. The Morgan fingerprint density at radius 3 is 2.60 bits per heavy atom. The van der Waals surface area contributed by atoms with Crippen molar-refractivity contribution >= 4 is 0 Å². The molecule has 1 heterocycles. The molecule has 108 valence electrons. The minimum Gasteiger partial charge on any atom is -0.454 e. The summed E-state index contributed by atoms with van der Waals surface area (Å²) in [7, 11) is 0. The highest BCUT2D eigenvalue weighted by Gasteiger charge is 2.07. The number of nitrogens with two attached hydrogens (primary N) is 1. The summed E-state index contributed by atoms with van der Waals surface area (Å²) >= 11 is 0. The van der Waals surface area contributed by atoms with Crippen LogP contribution in [0.25, 0.3) is 0 Å². The molecule has 1 unspecified atom stereocenters. The lowest BCUT2D eigenvalue weighted by Gasteiger charge is -2.10. The molecular formula is C16H23N3O. The average Bonchev–Trinajstić information content (AvgIpc) is 2.80. The molecule has 1 aromatic heterocycles. The Morgan fingerprint density at radius 1 is 1.30 bits per heavy atom. The maximum atomic E-state index is 5.89. The number of hydrogen-bond acceptors (Lipinski definition) is 3. The first-order valence-electron chi connectivity index (χ1n) is 7.03. The van der Waals surface area contributed by atoms with E-state index in [4.69, 9.17) is 10.5 Å². The standard InChI is InChI=1S/C16H23N3O/c1-11(2)19-10-15(9-18-19)20-16-6-5-14(7-12(16)3)8-13(4)17/h5-7,9-11,13H,8,17H2,1-4H3. The molecule has 0 saturated carbocycles. The van der Waals surface area contributed by atoms with Crippen LogP contribution in [0, 0.1) is 6.92 Å². The lowest BCUT2D eigenvalue weighted by molar-refractivity contribution is 0.473. The molecule has 1 atom stereocenters. The summed E-state index contributed by atoms with van der Waals surface area (Å²) < 4.78 is 7.77. The van der Waals surface area contributed by atoms with Gasteiger partial charge in [-0.2, -0.15) is 5.10 Å². The monoisotopic (exact) mass is 273 g/mol. The predicted molar refractivity (Wildman–Crippen MR) is 81.2 cm³/mol. The van der Waals surface area contributed by atoms with E-state index in [2.05, 4.69) is 31.1 Å². The molecular weight excluding hydrogens is 250 g/mol. The number of hydrogen-bond donors (Lipinski definition) is 1. The molecule has 2 aromatic rings. The van der Waals surface area contributed by atoms with Gasteiger partial charge in [0.2, 0.25) is 0 Å². The van der Waals surface area contributed by atoms with Gasteiger partial charge in [-0.05, 0) is 51.3 Å². The molecule has 0 fully saturated rings. The molecule has 2 N–H and O–H groups in total. The normalized spacial score (nSPS) is 12.7. The van der Waals surface area contributed by atoms with Crippen molar-refractivity contribution in [2.24, 2.45) is 5.73 Å². The van der Waals surface area contributed by atoms with E-state index in [0.29, 0.717) is 6.04 Å². The molecule has 0 aliphatic carbocycles. The van der Waals surface area contributed by atoms with E-state index in [-0.39, 0.29) is 6.04 Å². The van der Waals surface area contributed by atoms with Crippen molar-refractivity contribution < 1.29 is 4.74 Å². The van der Waals surface area contributed by atoms with Gasteiger partial charge in [-0.1, -0.05) is 12.1 Å². The van der Waals surface area contributed by atoms with Gasteiger partial charge in [-0.3, -0.25) is 4.68 Å². The van der Waals surface area contributed by atoms with E-state index < -0.39 is 0 Å². The van der Waals surface area contributed by atoms with Gasteiger partial charge in [0.05, 0.1) is 12.4 Å². The third-order valence-electron chi connectivity index (χ3n) is 3.13. The Labute approximate surface area is 120 Å². The second kappa shape index (κ2) is 6.09. The number of aromatic nitrogens is 2. The van der Waals surface area contributed by atoms with Gasteiger partial charge in [0, 0.05) is 12.1 Å². The third kappa shape index (κ3) is 3.61. The van der Waals surface area contributed by atoms with E-state index in [1.54, 1.807) is 6.20 Å². The van der Waals surface area contributed by atoms with Gasteiger partial charge >= 0.3 is 0 Å². The van der Waals surface area contributed by atoms with Crippen molar-refractivity contribution in [3.63, 3.8) is 0 Å². The maximum Gasteiger partial charge on any atom is 0.165 e. The van der Waals surface area contributed by atoms with Crippen LogP contribution in [0.4, 0.5) is 0 Å². The second-order valence-electron chi connectivity index (χ2n) is 5.63. The quantitative estimate of drug-likeness (QED) is 0.907. The number of rotatable bonds is 5. The number of ether oxygens (including phenoxy) is 1. The van der Waals surface area contributed by atoms with E-state index in [0.717, 1.165) is 23.5 Å². The van der Waals surface area contributed by atoms with Crippen molar-refractivity contribution in [2.45, 2.75) is 46.2 Å². The molecule has 0 aliphatic rings. The Hall–Kier alpha value is -1.81. The molecule has 20 heavy (non-hydrogen) atoms. The number of nitrogens with zero attached hydrogens (tertiary/aromatic N) is 2. The van der Waals surface area contributed by atoms with Gasteiger partial charge in [0.25, 0.3) is 0 Å². The van der Waals surface area contributed by atoms with Crippen molar-refractivity contribution in [2.75, 3.05) is 0 Å². The summed E-state index contributed by atoms with van der Waals surface area (Å²) in [5.41, 5.74) is 8.18. The zero-order valence-electron chi connectivity index (χ0n) is 12.6. The van der Waals surface area contributed by atoms with Gasteiger partial charge in [0.1, 0.15) is 5.75 Å². The first-order chi connectivity index (χ1) is 9.45. The maximum absolute atomic E-state index is 5.89. The van der Waals surface area contributed by atoms with Crippen LogP contribution < -0.4 is 10.5 Å². The molecule has 0 amide bonds. The fourth-order valence-electron chi connectivity index (χ4n) is 2.11. The highest BCUT2D eigenvalue weighted by Crippen LogP contribution is 2.26. The van der Waals surface area contributed by atoms with Gasteiger partial charge in [0.15, 0.2) is 5.75 Å². The Kier molecular flexibility index (Phi) is 4.45. The van der Waals surface area contributed by atoms with E-state index in [1.807, 2.05) is 30.8 Å². The highest BCUT2D eigenvalue weighted by atomic mass is 16.5. The summed E-state index contributed by atoms with van der Waals surface area (Å²) in [6.45, 7) is 8.24. The van der Waals surface area contributed by atoms with Gasteiger partial charge < -0.3 is 10.5 Å². The fraction of sp³-hybridized carbons (Fsp3) is 0.438. The van der Waals surface area contributed by atoms with Crippen molar-refractivity contribution in [3.8, 4) is 11.5 Å². The smallest absolute Gasteiger partial charge is 0.165 e. The molecule has 0 aliphatic heterocycles. The Bertz CT molecular complexity index is 573. The van der Waals surface area contributed by atoms with Crippen molar-refractivity contribution in [1.82, 2.24) is 9.78 Å². The molecule has 0 spiro atoms. The van der Waals surface area contributed by atoms with Crippen LogP contribution in [-0.4, -0.2) is 15.8 Å². The van der Waals surface area contributed by atoms with E-state index in [1.165, 1.54) is 5.56 Å². The lowest BCUT2D eigenvalue weighted by atomic mass is 10.0. The summed E-state index contributed by atoms with van der Waals surface area (Å²) in [6, 6.07) is 6.71. The lowest BCUT2D eigenvalue weighted by Crippen LogP contribution is -2.17. The Balaban J connectivity index is 2.12. The molecule has 0 bridgehead atoms. The first-order valence-corrected chi connectivity index (χ1v) is 7.03. The molecule has 4 nitrogen and oxygen atoms in total. The molecule has 4 heteroatoms. The van der Waals surface area contributed by atoms with Crippen LogP contribution in [0.2, 0.25) is 0 Å². The van der Waals surface area contributed by atoms with Gasteiger partial charge in [-0.25, -0.2) is 0 Å². The van der Waals surface area contributed by atoms with Crippen LogP contribution in [0.5, 0.6) is 11.5 Å². The molecule has 1 aromatic carbocycles. The van der Waals surface area contributed by atoms with Crippen LogP contribution in [0.15, 0.2) is 30.6 Å². The minimum absolute atomic E-state index is 0.172. The van der Waals surface area contributed by atoms with Crippen molar-refractivity contribution in [3.05, 3.63) is 41.7 Å². The van der Waals surface area contributed by atoms with Crippen LogP contribution in [0.1, 0.15) is 37.9 Å². The molecule has 2 rings (SSSR count). The van der Waals surface area contributed by atoms with Crippen LogP contribution in [-0.2, 0) is 6.42 Å². The topological polar surface area (TPSA) is 53.1 Å². The summed E-state index contributed by atoms with van der Waals surface area (Å²) in [6.07, 6.45) is 4.54.